The summed E-state index contributed by atoms with van der Waals surface area (Å²) < 4.78 is 0. The second kappa shape index (κ2) is 4.27. The Balaban J connectivity index is 0.000000845. The maximum absolute atomic E-state index is 3.98. The number of hydrogen-bond donors (Lipinski definition) is 1. The first kappa shape index (κ1) is 10.0. The molecule has 0 amide bonds. The number of hydrogen-bond acceptors (Lipinski definition) is 2. The van der Waals surface area contributed by atoms with Gasteiger partial charge in [-0.1, -0.05) is 29.8 Å². The minimum atomic E-state index is 0. The van der Waals surface area contributed by atoms with Gasteiger partial charge >= 0.3 is 18.9 Å². The quantitative estimate of drug-likeness (QED) is 0.547. The van der Waals surface area contributed by atoms with Gasteiger partial charge in [-0.3, -0.25) is 0 Å². The van der Waals surface area contributed by atoms with Crippen LogP contribution in [-0.2, 0) is 0 Å². The molecule has 0 atom stereocenters. The van der Waals surface area contributed by atoms with Crippen LogP contribution in [0.5, 0.6) is 0 Å². The summed E-state index contributed by atoms with van der Waals surface area (Å²) >= 11 is 0. The van der Waals surface area contributed by atoms with E-state index >= 15 is 0 Å². The van der Waals surface area contributed by atoms with E-state index in [0.29, 0.717) is 0 Å². The molecule has 0 radical (unpaired) electrons. The molecule has 2 rings (SSSR count). The topological polar surface area (TPSA) is 41.6 Å². The van der Waals surface area contributed by atoms with E-state index in [1.54, 1.807) is 6.20 Å². The van der Waals surface area contributed by atoms with E-state index in [9.17, 15) is 0 Å². The number of aromatic amines is 1. The zero-order valence-corrected chi connectivity index (χ0v) is 7.78. The van der Waals surface area contributed by atoms with Crippen LogP contribution in [0.15, 0.2) is 30.5 Å². The second-order valence-electron chi connectivity index (χ2n) is 2.72. The molecule has 0 spiro atoms. The number of benzene rings is 1. The molecule has 2 aromatic rings. The van der Waals surface area contributed by atoms with Crippen LogP contribution in [0, 0.1) is 6.92 Å². The van der Waals surface area contributed by atoms with E-state index in [-0.39, 0.29) is 20.3 Å². The average molecular weight is 167 g/mol. The van der Waals surface area contributed by atoms with Crippen molar-refractivity contribution in [1.29, 1.82) is 0 Å². The van der Waals surface area contributed by atoms with Crippen LogP contribution in [0.1, 0.15) is 6.99 Å². The maximum Gasteiger partial charge on any atom is 1.00 e. The Morgan fingerprint density at radius 1 is 1.23 bits per heavy atom. The van der Waals surface area contributed by atoms with Gasteiger partial charge < -0.3 is 1.43 Å². The predicted molar refractivity (Wildman–Crippen MR) is 47.7 cm³/mol. The molecule has 0 unspecified atom stereocenters. The maximum atomic E-state index is 3.98. The fraction of sp³-hybridized carbons (Fsp3) is 0.111. The van der Waals surface area contributed by atoms with Crippen molar-refractivity contribution in [2.75, 3.05) is 0 Å². The van der Waals surface area contributed by atoms with Gasteiger partial charge in [0.2, 0.25) is 0 Å². The minimum Gasteiger partial charge on any atom is -1.00 e. The van der Waals surface area contributed by atoms with Crippen molar-refractivity contribution in [3.63, 3.8) is 0 Å². The van der Waals surface area contributed by atoms with E-state index in [2.05, 4.69) is 34.5 Å². The molecule has 13 heavy (non-hydrogen) atoms. The average Bonchev–Trinajstić information content (AvgIpc) is 2.58. The van der Waals surface area contributed by atoms with Gasteiger partial charge in [0.05, 0.1) is 6.20 Å². The van der Waals surface area contributed by atoms with Gasteiger partial charge in [-0.25, -0.2) is 0 Å². The van der Waals surface area contributed by atoms with Crippen LogP contribution in [0.2, 0.25) is 0 Å². The van der Waals surface area contributed by atoms with Gasteiger partial charge in [0, 0.05) is 5.56 Å². The summed E-state index contributed by atoms with van der Waals surface area (Å²) in [6.07, 6.45) is 1.71. The Labute approximate surface area is 90.2 Å². The first-order chi connectivity index (χ1) is 5.86. The Morgan fingerprint density at radius 2 is 1.92 bits per heavy atom. The van der Waals surface area contributed by atoms with Gasteiger partial charge in [0.15, 0.2) is 0 Å². The third kappa shape index (κ3) is 2.21. The number of rotatable bonds is 1. The molecule has 1 heterocycles. The van der Waals surface area contributed by atoms with E-state index in [4.69, 9.17) is 0 Å². The molecule has 0 fully saturated rings. The van der Waals surface area contributed by atoms with Crippen molar-refractivity contribution in [3.05, 3.63) is 36.0 Å². The molecular formula is C9H10LiN3. The van der Waals surface area contributed by atoms with Crippen molar-refractivity contribution in [2.45, 2.75) is 6.92 Å². The SMILES string of the molecule is Cc1ccc(-c2cn[nH]n2)cc1.[H-].[Li+]. The number of nitrogens with zero attached hydrogens (tertiary/aromatic N) is 2. The third-order valence-corrected chi connectivity index (χ3v) is 1.76. The molecule has 0 aliphatic carbocycles. The Hall–Kier alpha value is -1.04. The van der Waals surface area contributed by atoms with E-state index < -0.39 is 0 Å². The van der Waals surface area contributed by atoms with Gasteiger partial charge in [0.25, 0.3) is 0 Å². The Bertz CT molecular complexity index is 358. The predicted octanol–water partition coefficient (Wildman–Crippen LogP) is -1.10. The Kier molecular flexibility index (Phi) is 3.30. The van der Waals surface area contributed by atoms with Gasteiger partial charge in [-0.05, 0) is 6.92 Å². The molecule has 0 saturated heterocycles. The van der Waals surface area contributed by atoms with Crippen LogP contribution >= 0.6 is 0 Å². The van der Waals surface area contributed by atoms with Crippen molar-refractivity contribution in [3.8, 4) is 11.3 Å². The molecule has 4 heteroatoms. The smallest absolute Gasteiger partial charge is 1.00 e. The van der Waals surface area contributed by atoms with Crippen LogP contribution in [0.4, 0.5) is 0 Å². The zero-order chi connectivity index (χ0) is 8.39. The summed E-state index contributed by atoms with van der Waals surface area (Å²) in [6, 6.07) is 8.19. The van der Waals surface area contributed by atoms with Crippen molar-refractivity contribution < 1.29 is 20.3 Å². The van der Waals surface area contributed by atoms with Gasteiger partial charge in [-0.2, -0.15) is 15.4 Å². The normalized spacial score (nSPS) is 9.31. The largest absolute Gasteiger partial charge is 1.00 e. The van der Waals surface area contributed by atoms with Crippen molar-refractivity contribution in [2.24, 2.45) is 0 Å². The molecule has 1 N–H and O–H groups in total. The summed E-state index contributed by atoms with van der Waals surface area (Å²) in [6.45, 7) is 2.06. The standard InChI is InChI=1S/C9H9N3.Li.H/c1-7-2-4-8(5-3-7)9-6-10-12-11-9;;/h2-6H,1H3,(H,10,11,12);;/q;+1;-1. The molecule has 62 valence electrons. The molecule has 0 saturated carbocycles. The van der Waals surface area contributed by atoms with Crippen LogP contribution in [0.3, 0.4) is 0 Å². The zero-order valence-electron chi connectivity index (χ0n) is 8.78. The molecule has 1 aromatic heterocycles. The monoisotopic (exact) mass is 167 g/mol. The van der Waals surface area contributed by atoms with E-state index in [0.717, 1.165) is 11.3 Å². The van der Waals surface area contributed by atoms with Crippen molar-refractivity contribution >= 4 is 0 Å². The first-order valence-corrected chi connectivity index (χ1v) is 3.79. The molecular weight excluding hydrogens is 157 g/mol. The minimum absolute atomic E-state index is 0. The third-order valence-electron chi connectivity index (χ3n) is 1.76. The summed E-state index contributed by atoms with van der Waals surface area (Å²) in [5.74, 6) is 0. The number of nitrogens with one attached hydrogen (secondary N) is 1. The molecule has 0 aliphatic rings. The number of aromatic nitrogens is 3. The fourth-order valence-electron chi connectivity index (χ4n) is 1.07. The Morgan fingerprint density at radius 3 is 2.46 bits per heavy atom. The van der Waals surface area contributed by atoms with Gasteiger partial charge in [-0.15, -0.1) is 0 Å². The molecule has 1 aromatic carbocycles. The number of H-pyrrole nitrogens is 1. The number of aryl methyl sites for hydroxylation is 1. The van der Waals surface area contributed by atoms with E-state index in [1.165, 1.54) is 5.56 Å². The first-order valence-electron chi connectivity index (χ1n) is 3.79. The summed E-state index contributed by atoms with van der Waals surface area (Å²) in [5, 5.41) is 10.3. The molecule has 0 bridgehead atoms. The molecule has 3 nitrogen and oxygen atoms in total. The fourth-order valence-corrected chi connectivity index (χ4v) is 1.07. The van der Waals surface area contributed by atoms with Crippen LogP contribution in [0.25, 0.3) is 11.3 Å². The van der Waals surface area contributed by atoms with Crippen LogP contribution in [-0.4, -0.2) is 15.4 Å². The summed E-state index contributed by atoms with van der Waals surface area (Å²) in [5.41, 5.74) is 3.23. The summed E-state index contributed by atoms with van der Waals surface area (Å²) in [4.78, 5) is 0. The molecule has 0 aliphatic heterocycles. The second-order valence-corrected chi connectivity index (χ2v) is 2.72. The van der Waals surface area contributed by atoms with Crippen molar-refractivity contribution in [1.82, 2.24) is 15.4 Å². The van der Waals surface area contributed by atoms with Crippen LogP contribution < -0.4 is 18.9 Å². The summed E-state index contributed by atoms with van der Waals surface area (Å²) in [7, 11) is 0. The van der Waals surface area contributed by atoms with Gasteiger partial charge in [0.1, 0.15) is 5.69 Å². The van der Waals surface area contributed by atoms with E-state index in [1.807, 2.05) is 12.1 Å².